The Morgan fingerprint density at radius 2 is 2.00 bits per heavy atom. The number of aromatic nitrogens is 2. The first-order valence-electron chi connectivity index (χ1n) is 7.87. The Hall–Kier alpha value is -3.28. The summed E-state index contributed by atoms with van der Waals surface area (Å²) in [7, 11) is 1.51. The minimum absolute atomic E-state index is 0.104. The fourth-order valence-electron chi connectivity index (χ4n) is 2.60. The molecule has 0 fully saturated rings. The van der Waals surface area contributed by atoms with Gasteiger partial charge < -0.3 is 15.2 Å². The molecular formula is C19H19N3O3. The molecule has 0 saturated carbocycles. The van der Waals surface area contributed by atoms with E-state index in [2.05, 4.69) is 10.4 Å². The summed E-state index contributed by atoms with van der Waals surface area (Å²) >= 11 is 0. The van der Waals surface area contributed by atoms with Gasteiger partial charge in [0.2, 0.25) is 0 Å². The molecule has 2 aromatic carbocycles. The van der Waals surface area contributed by atoms with Crippen molar-refractivity contribution in [3.8, 4) is 22.6 Å². The third-order valence-corrected chi connectivity index (χ3v) is 3.80. The van der Waals surface area contributed by atoms with Crippen LogP contribution in [0.15, 0.2) is 54.6 Å². The van der Waals surface area contributed by atoms with Crippen molar-refractivity contribution in [2.24, 2.45) is 0 Å². The number of alkyl carbamates (subject to hydrolysis) is 1. The van der Waals surface area contributed by atoms with Gasteiger partial charge in [-0.3, -0.25) is 0 Å². The molecule has 0 aliphatic rings. The standard InChI is InChI=1S/C19H19N3O3/c1-13-10-15(12-25-19(24)20-2)21-22(13)16-7-5-6-14(11-16)17-8-3-4-9-18(17)23/h3-11,23H,12H2,1-2H3,(H,20,24). The molecule has 2 N–H and O–H groups in total. The maximum Gasteiger partial charge on any atom is 0.407 e. The molecule has 0 spiro atoms. The number of carbonyl (C=O) groups excluding carboxylic acids is 1. The van der Waals surface area contributed by atoms with Crippen LogP contribution in [-0.2, 0) is 11.3 Å². The number of amides is 1. The number of phenolic OH excluding ortho intramolecular Hbond substituents is 1. The molecular weight excluding hydrogens is 318 g/mol. The Bertz CT molecular complexity index is 902. The van der Waals surface area contributed by atoms with Gasteiger partial charge in [-0.15, -0.1) is 0 Å². The smallest absolute Gasteiger partial charge is 0.407 e. The molecule has 1 heterocycles. The highest BCUT2D eigenvalue weighted by molar-refractivity contribution is 5.71. The zero-order valence-electron chi connectivity index (χ0n) is 14.1. The normalized spacial score (nSPS) is 10.5. The van der Waals surface area contributed by atoms with E-state index in [1.165, 1.54) is 7.05 Å². The number of rotatable bonds is 4. The van der Waals surface area contributed by atoms with Crippen LogP contribution in [-0.4, -0.2) is 28.0 Å². The average molecular weight is 337 g/mol. The third-order valence-electron chi connectivity index (χ3n) is 3.80. The van der Waals surface area contributed by atoms with E-state index in [4.69, 9.17) is 4.74 Å². The highest BCUT2D eigenvalue weighted by Gasteiger charge is 2.10. The monoisotopic (exact) mass is 337 g/mol. The number of ether oxygens (including phenoxy) is 1. The number of nitrogens with one attached hydrogen (secondary N) is 1. The molecule has 128 valence electrons. The summed E-state index contributed by atoms with van der Waals surface area (Å²) in [5, 5.41) is 16.9. The number of aryl methyl sites for hydroxylation is 1. The quantitative estimate of drug-likeness (QED) is 0.765. The second-order valence-electron chi connectivity index (χ2n) is 5.58. The molecule has 25 heavy (non-hydrogen) atoms. The van der Waals surface area contributed by atoms with Crippen LogP contribution in [0.4, 0.5) is 4.79 Å². The van der Waals surface area contributed by atoms with E-state index >= 15 is 0 Å². The number of phenols is 1. The number of carbonyl (C=O) groups is 1. The highest BCUT2D eigenvalue weighted by Crippen LogP contribution is 2.30. The molecule has 6 heteroatoms. The number of aromatic hydroxyl groups is 1. The first-order chi connectivity index (χ1) is 12.1. The molecule has 0 atom stereocenters. The lowest BCUT2D eigenvalue weighted by molar-refractivity contribution is 0.140. The molecule has 6 nitrogen and oxygen atoms in total. The summed E-state index contributed by atoms with van der Waals surface area (Å²) in [5.41, 5.74) is 4.11. The molecule has 0 aliphatic carbocycles. The zero-order valence-corrected chi connectivity index (χ0v) is 14.1. The van der Waals surface area contributed by atoms with Crippen molar-refractivity contribution in [3.05, 3.63) is 66.0 Å². The van der Waals surface area contributed by atoms with Crippen molar-refractivity contribution >= 4 is 6.09 Å². The lowest BCUT2D eigenvalue weighted by Crippen LogP contribution is -2.19. The van der Waals surface area contributed by atoms with Crippen molar-refractivity contribution in [1.29, 1.82) is 0 Å². The van der Waals surface area contributed by atoms with Gasteiger partial charge in [0.1, 0.15) is 18.1 Å². The van der Waals surface area contributed by atoms with Gasteiger partial charge in [-0.05, 0) is 36.8 Å². The van der Waals surface area contributed by atoms with E-state index in [0.29, 0.717) is 5.69 Å². The van der Waals surface area contributed by atoms with Gasteiger partial charge in [0.15, 0.2) is 0 Å². The van der Waals surface area contributed by atoms with Crippen LogP contribution in [0.2, 0.25) is 0 Å². The van der Waals surface area contributed by atoms with E-state index in [1.54, 1.807) is 16.8 Å². The van der Waals surface area contributed by atoms with Crippen molar-refractivity contribution in [2.75, 3.05) is 7.05 Å². The van der Waals surface area contributed by atoms with Gasteiger partial charge in [-0.25, -0.2) is 9.48 Å². The molecule has 0 saturated heterocycles. The molecule has 1 aromatic heterocycles. The van der Waals surface area contributed by atoms with Gasteiger partial charge in [0.25, 0.3) is 0 Å². The van der Waals surface area contributed by atoms with Gasteiger partial charge in [0.05, 0.1) is 5.69 Å². The van der Waals surface area contributed by atoms with E-state index < -0.39 is 6.09 Å². The predicted molar refractivity (Wildman–Crippen MR) is 94.6 cm³/mol. The van der Waals surface area contributed by atoms with Crippen LogP contribution in [0.1, 0.15) is 11.4 Å². The average Bonchev–Trinajstić information content (AvgIpc) is 3.01. The maximum absolute atomic E-state index is 11.2. The van der Waals surface area contributed by atoms with Gasteiger partial charge in [-0.2, -0.15) is 5.10 Å². The first-order valence-corrected chi connectivity index (χ1v) is 7.87. The second-order valence-corrected chi connectivity index (χ2v) is 5.58. The lowest BCUT2D eigenvalue weighted by Gasteiger charge is -2.09. The van der Waals surface area contributed by atoms with Crippen LogP contribution >= 0.6 is 0 Å². The van der Waals surface area contributed by atoms with E-state index in [0.717, 1.165) is 22.5 Å². The zero-order chi connectivity index (χ0) is 17.8. The fourth-order valence-corrected chi connectivity index (χ4v) is 2.60. The van der Waals surface area contributed by atoms with E-state index in [9.17, 15) is 9.90 Å². The van der Waals surface area contributed by atoms with Crippen LogP contribution in [0.3, 0.4) is 0 Å². The summed E-state index contributed by atoms with van der Waals surface area (Å²) in [4.78, 5) is 11.2. The molecule has 3 rings (SSSR count). The molecule has 0 aliphatic heterocycles. The van der Waals surface area contributed by atoms with Crippen molar-refractivity contribution < 1.29 is 14.6 Å². The lowest BCUT2D eigenvalue weighted by atomic mass is 10.0. The minimum Gasteiger partial charge on any atom is -0.507 e. The molecule has 3 aromatic rings. The molecule has 0 unspecified atom stereocenters. The van der Waals surface area contributed by atoms with Gasteiger partial charge >= 0.3 is 6.09 Å². The van der Waals surface area contributed by atoms with E-state index in [1.807, 2.05) is 49.4 Å². The van der Waals surface area contributed by atoms with Gasteiger partial charge in [-0.1, -0.05) is 30.3 Å². The van der Waals surface area contributed by atoms with Crippen LogP contribution in [0.5, 0.6) is 5.75 Å². The Balaban J connectivity index is 1.90. The fraction of sp³-hybridized carbons (Fsp3) is 0.158. The topological polar surface area (TPSA) is 76.4 Å². The predicted octanol–water partition coefficient (Wildman–Crippen LogP) is 3.41. The number of para-hydroxylation sites is 1. The van der Waals surface area contributed by atoms with Crippen LogP contribution < -0.4 is 5.32 Å². The van der Waals surface area contributed by atoms with Gasteiger partial charge in [0, 0.05) is 18.3 Å². The summed E-state index contributed by atoms with van der Waals surface area (Å²) in [5.74, 6) is 0.233. The summed E-state index contributed by atoms with van der Waals surface area (Å²) in [6.07, 6.45) is -0.492. The van der Waals surface area contributed by atoms with Crippen LogP contribution in [0, 0.1) is 6.92 Å². The van der Waals surface area contributed by atoms with Crippen LogP contribution in [0.25, 0.3) is 16.8 Å². The number of hydrogen-bond donors (Lipinski definition) is 2. The second kappa shape index (κ2) is 7.09. The van der Waals surface area contributed by atoms with E-state index in [-0.39, 0.29) is 12.4 Å². The van der Waals surface area contributed by atoms with Crippen molar-refractivity contribution in [2.45, 2.75) is 13.5 Å². The maximum atomic E-state index is 11.2. The SMILES string of the molecule is CNC(=O)OCc1cc(C)n(-c2cccc(-c3ccccc3O)c2)n1. The largest absolute Gasteiger partial charge is 0.507 e. The highest BCUT2D eigenvalue weighted by atomic mass is 16.5. The number of nitrogens with zero attached hydrogens (tertiary/aromatic N) is 2. The third kappa shape index (κ3) is 3.63. The Labute approximate surface area is 145 Å². The summed E-state index contributed by atoms with van der Waals surface area (Å²) < 4.78 is 6.82. The minimum atomic E-state index is -0.492. The molecule has 0 radical (unpaired) electrons. The summed E-state index contributed by atoms with van der Waals surface area (Å²) in [6, 6.07) is 16.8. The molecule has 1 amide bonds. The first kappa shape index (κ1) is 16.6. The number of benzene rings is 2. The number of hydrogen-bond acceptors (Lipinski definition) is 4. The summed E-state index contributed by atoms with van der Waals surface area (Å²) in [6.45, 7) is 2.04. The van der Waals surface area contributed by atoms with Crippen molar-refractivity contribution in [1.82, 2.24) is 15.1 Å². The molecule has 0 bridgehead atoms. The Morgan fingerprint density at radius 3 is 2.76 bits per heavy atom. The van der Waals surface area contributed by atoms with Crippen molar-refractivity contribution in [3.63, 3.8) is 0 Å². The Kier molecular flexibility index (Phi) is 4.70. The Morgan fingerprint density at radius 1 is 1.20 bits per heavy atom.